The summed E-state index contributed by atoms with van der Waals surface area (Å²) in [5.41, 5.74) is 14.0. The Bertz CT molecular complexity index is 1100. The number of carbonyl (C=O) groups is 2. The maximum Gasteiger partial charge on any atom is 0.306 e. The molecule has 0 aliphatic heterocycles. The molecule has 4 rings (SSSR count). The summed E-state index contributed by atoms with van der Waals surface area (Å²) in [7, 11) is 0. The first-order valence-electron chi connectivity index (χ1n) is 19.6. The van der Waals surface area contributed by atoms with Crippen LogP contribution < -0.4 is 11.5 Å². The van der Waals surface area contributed by atoms with E-state index in [1.165, 1.54) is 51.4 Å². The fourth-order valence-corrected chi connectivity index (χ4v) is 10.6. The first-order valence-corrected chi connectivity index (χ1v) is 19.6. The van der Waals surface area contributed by atoms with Gasteiger partial charge in [0.1, 0.15) is 6.10 Å². The van der Waals surface area contributed by atoms with Crippen LogP contribution in [-0.4, -0.2) is 47.0 Å². The number of nitrogens with two attached hydrogens (primary N) is 2. The third-order valence-corrected chi connectivity index (χ3v) is 13.5. The summed E-state index contributed by atoms with van der Waals surface area (Å²) in [5.74, 6) is 4.69. The second-order valence-electron chi connectivity index (χ2n) is 19.0. The van der Waals surface area contributed by atoms with Crippen LogP contribution in [0, 0.1) is 46.3 Å². The van der Waals surface area contributed by atoms with Crippen molar-refractivity contribution >= 4 is 36.7 Å². The van der Waals surface area contributed by atoms with Crippen molar-refractivity contribution in [3.63, 3.8) is 0 Å². The first-order chi connectivity index (χ1) is 21.8. The second-order valence-corrected chi connectivity index (χ2v) is 19.0. The van der Waals surface area contributed by atoms with Crippen molar-refractivity contribution in [1.29, 1.82) is 0 Å². The highest BCUT2D eigenvalue weighted by Crippen LogP contribution is 2.67. The molecule has 0 heterocycles. The van der Waals surface area contributed by atoms with Gasteiger partial charge >= 0.3 is 5.97 Å². The Morgan fingerprint density at radius 1 is 0.898 bits per heavy atom. The van der Waals surface area contributed by atoms with E-state index >= 15 is 0 Å². The number of allylic oxidation sites excluding steroid dienone is 1. The van der Waals surface area contributed by atoms with Crippen molar-refractivity contribution in [2.24, 2.45) is 57.8 Å². The Kier molecular flexibility index (Phi) is 16.1. The predicted molar refractivity (Wildman–Crippen MR) is 209 cm³/mol. The van der Waals surface area contributed by atoms with E-state index in [4.69, 9.17) is 16.2 Å². The van der Waals surface area contributed by atoms with Crippen LogP contribution in [0.1, 0.15) is 159 Å². The molecule has 8 atom stereocenters. The van der Waals surface area contributed by atoms with Gasteiger partial charge in [-0.05, 0) is 132 Å². The van der Waals surface area contributed by atoms with Gasteiger partial charge in [-0.2, -0.15) is 0 Å². The number of nitrogens with zero attached hydrogens (tertiary/aromatic N) is 1. The molecule has 3 saturated carbocycles. The van der Waals surface area contributed by atoms with Crippen molar-refractivity contribution in [3.05, 3.63) is 11.6 Å². The molecule has 0 aromatic carbocycles. The van der Waals surface area contributed by atoms with Crippen molar-refractivity contribution < 1.29 is 14.3 Å². The Balaban J connectivity index is 0.00000417. The van der Waals surface area contributed by atoms with E-state index in [0.29, 0.717) is 31.3 Å². The molecule has 49 heavy (non-hydrogen) atoms. The van der Waals surface area contributed by atoms with Crippen molar-refractivity contribution in [2.45, 2.75) is 176 Å². The first kappa shape index (κ1) is 44.3. The number of esters is 1. The predicted octanol–water partition coefficient (Wildman–Crippen LogP) is 9.65. The van der Waals surface area contributed by atoms with Crippen LogP contribution in [0.5, 0.6) is 0 Å². The molecule has 8 heteroatoms. The highest BCUT2D eigenvalue weighted by Gasteiger charge is 2.59. The van der Waals surface area contributed by atoms with Gasteiger partial charge in [0.25, 0.3) is 0 Å². The van der Waals surface area contributed by atoms with Crippen LogP contribution >= 0.6 is 24.8 Å². The smallest absolute Gasteiger partial charge is 0.306 e. The molecule has 0 saturated heterocycles. The van der Waals surface area contributed by atoms with Crippen molar-refractivity contribution in [3.8, 4) is 0 Å². The zero-order valence-electron chi connectivity index (χ0n) is 32.8. The number of halogens is 2. The van der Waals surface area contributed by atoms with Gasteiger partial charge in [-0.25, -0.2) is 0 Å². The number of fused-ring (bicyclic) bond motifs is 5. The zero-order valence-corrected chi connectivity index (χ0v) is 34.4. The largest absolute Gasteiger partial charge is 0.462 e. The zero-order chi connectivity index (χ0) is 34.8. The lowest BCUT2D eigenvalue weighted by atomic mass is 9.47. The molecule has 4 aliphatic rings. The SMILES string of the molecule is CC(C)CCCC(C)C1CCC2C3CC=C4CC(OC(=O)CCC(=O)N(CCC(C)(C)N)CCC(C)(C)N)CCC4(C)C3CCC12C.Cl.Cl. The minimum Gasteiger partial charge on any atom is -0.462 e. The molecule has 0 radical (unpaired) electrons. The van der Waals surface area contributed by atoms with Crippen molar-refractivity contribution in [1.82, 2.24) is 4.90 Å². The van der Waals surface area contributed by atoms with Gasteiger partial charge in [0.15, 0.2) is 0 Å². The van der Waals surface area contributed by atoms with Gasteiger partial charge in [0.2, 0.25) is 5.91 Å². The summed E-state index contributed by atoms with van der Waals surface area (Å²) < 4.78 is 6.06. The van der Waals surface area contributed by atoms with Gasteiger partial charge in [-0.1, -0.05) is 65.5 Å². The van der Waals surface area contributed by atoms with Crippen molar-refractivity contribution in [2.75, 3.05) is 13.1 Å². The highest BCUT2D eigenvalue weighted by atomic mass is 35.5. The minimum absolute atomic E-state index is 0. The Morgan fingerprint density at radius 2 is 1.53 bits per heavy atom. The van der Waals surface area contributed by atoms with Crippen LogP contribution in [-0.2, 0) is 14.3 Å². The van der Waals surface area contributed by atoms with E-state index in [1.807, 2.05) is 32.6 Å². The molecule has 286 valence electrons. The Labute approximate surface area is 313 Å². The maximum atomic E-state index is 13.2. The highest BCUT2D eigenvalue weighted by molar-refractivity contribution is 5.85. The van der Waals surface area contributed by atoms with E-state index < -0.39 is 0 Å². The van der Waals surface area contributed by atoms with Crippen LogP contribution in [0.2, 0.25) is 0 Å². The maximum absolute atomic E-state index is 13.2. The average molecular weight is 729 g/mol. The van der Waals surface area contributed by atoms with Gasteiger partial charge < -0.3 is 21.1 Å². The lowest BCUT2D eigenvalue weighted by Crippen LogP contribution is -2.51. The third kappa shape index (κ3) is 11.3. The topological polar surface area (TPSA) is 98.7 Å². The summed E-state index contributed by atoms with van der Waals surface area (Å²) in [6, 6.07) is 0. The van der Waals surface area contributed by atoms with Gasteiger partial charge in [-0.3, -0.25) is 9.59 Å². The number of hydrogen-bond acceptors (Lipinski definition) is 5. The molecule has 4 aliphatic carbocycles. The molecule has 0 bridgehead atoms. The van der Waals surface area contributed by atoms with Crippen LogP contribution in [0.4, 0.5) is 0 Å². The quantitative estimate of drug-likeness (QED) is 0.129. The number of hydrogen-bond donors (Lipinski definition) is 2. The molecule has 4 N–H and O–H groups in total. The molecule has 1 amide bonds. The summed E-state index contributed by atoms with van der Waals surface area (Å²) >= 11 is 0. The molecule has 3 fully saturated rings. The molecular weight excluding hydrogens is 653 g/mol. The molecule has 0 spiro atoms. The molecule has 8 unspecified atom stereocenters. The summed E-state index contributed by atoms with van der Waals surface area (Å²) in [6.07, 6.45) is 18.0. The summed E-state index contributed by atoms with van der Waals surface area (Å²) in [4.78, 5) is 28.1. The fourth-order valence-electron chi connectivity index (χ4n) is 10.6. The number of ether oxygens (including phenoxy) is 1. The standard InChI is InChI=1S/C41H73N3O3.2ClH/c1-28(2)11-10-12-29(3)33-15-16-34-32-14-13-30-27-31(19-21-40(30,8)35(32)20-22-41(33,34)9)47-37(46)18-17-36(45)44(25-23-38(4,5)42)26-24-39(6,7)43;;/h13,28-29,31-35H,10-12,14-27,42-43H2,1-9H3;2*1H. The number of amides is 1. The van der Waals surface area contributed by atoms with Gasteiger partial charge in [-0.15, -0.1) is 24.8 Å². The Morgan fingerprint density at radius 3 is 2.12 bits per heavy atom. The van der Waals surface area contributed by atoms with Crippen LogP contribution in [0.15, 0.2) is 11.6 Å². The van der Waals surface area contributed by atoms with Crippen LogP contribution in [0.3, 0.4) is 0 Å². The molecule has 0 aromatic heterocycles. The third-order valence-electron chi connectivity index (χ3n) is 13.5. The van der Waals surface area contributed by atoms with E-state index in [-0.39, 0.29) is 72.1 Å². The van der Waals surface area contributed by atoms with E-state index in [9.17, 15) is 9.59 Å². The van der Waals surface area contributed by atoms with Crippen LogP contribution in [0.25, 0.3) is 0 Å². The van der Waals surface area contributed by atoms with E-state index in [0.717, 1.165) is 54.8 Å². The van der Waals surface area contributed by atoms with E-state index in [2.05, 4.69) is 40.7 Å². The summed E-state index contributed by atoms with van der Waals surface area (Å²) in [6.45, 7) is 21.5. The number of rotatable bonds is 15. The van der Waals surface area contributed by atoms with Gasteiger partial charge in [0.05, 0.1) is 6.42 Å². The Hall–Kier alpha value is -0.820. The van der Waals surface area contributed by atoms with Gasteiger partial charge in [0, 0.05) is 37.0 Å². The fraction of sp³-hybridized carbons (Fsp3) is 0.902. The summed E-state index contributed by atoms with van der Waals surface area (Å²) in [5, 5.41) is 0. The minimum atomic E-state index is -0.360. The molecule has 6 nitrogen and oxygen atoms in total. The van der Waals surface area contributed by atoms with E-state index in [1.54, 1.807) is 5.57 Å². The average Bonchev–Trinajstić information content (AvgIpc) is 3.32. The molecule has 0 aromatic rings. The lowest BCUT2D eigenvalue weighted by molar-refractivity contribution is -0.153. The lowest BCUT2D eigenvalue weighted by Gasteiger charge is -2.58. The monoisotopic (exact) mass is 728 g/mol. The normalized spacial score (nSPS) is 31.7. The molecular formula is C41H75Cl2N3O3. The number of carbonyl (C=O) groups excluding carboxylic acids is 2. The second kappa shape index (κ2) is 17.8.